The molecule has 1 amide bonds. The summed E-state index contributed by atoms with van der Waals surface area (Å²) >= 11 is 0. The molecule has 0 radical (unpaired) electrons. The van der Waals surface area contributed by atoms with Gasteiger partial charge in [0.2, 0.25) is 5.91 Å². The molecule has 104 valence electrons. The fourth-order valence-electron chi connectivity index (χ4n) is 2.14. The molecule has 0 aliphatic carbocycles. The number of carbonyl (C=O) groups excluding carboxylic acids is 1. The Balaban J connectivity index is 2.39. The highest BCUT2D eigenvalue weighted by Crippen LogP contribution is 2.28. The zero-order chi connectivity index (χ0) is 14.2. The number of hydrogen-bond acceptors (Lipinski definition) is 5. The molecule has 6 nitrogen and oxygen atoms in total. The van der Waals surface area contributed by atoms with Gasteiger partial charge in [-0.3, -0.25) is 4.79 Å². The summed E-state index contributed by atoms with van der Waals surface area (Å²) in [6, 6.07) is 4.28. The van der Waals surface area contributed by atoms with Crippen LogP contribution in [0.4, 0.5) is 11.4 Å². The lowest BCUT2D eigenvalue weighted by atomic mass is 10.1. The molecule has 0 bridgehead atoms. The lowest BCUT2D eigenvalue weighted by Crippen LogP contribution is -2.54. The average molecular weight is 283 g/mol. The van der Waals surface area contributed by atoms with Crippen molar-refractivity contribution in [2.75, 3.05) is 30.0 Å². The van der Waals surface area contributed by atoms with Crippen LogP contribution in [0.2, 0.25) is 0 Å². The fourth-order valence-corrected chi connectivity index (χ4v) is 2.79. The SMILES string of the molecule is CC1C(=O)NCCN1c1ccc(S(C)(=O)=O)cc1N. The van der Waals surface area contributed by atoms with E-state index in [0.29, 0.717) is 24.5 Å². The number of rotatable bonds is 2. The van der Waals surface area contributed by atoms with E-state index in [9.17, 15) is 13.2 Å². The minimum absolute atomic E-state index is 0.0576. The molecule has 0 aromatic heterocycles. The molecule has 1 aromatic rings. The average Bonchev–Trinajstić information content (AvgIpc) is 2.32. The van der Waals surface area contributed by atoms with Gasteiger partial charge in [0.15, 0.2) is 9.84 Å². The fraction of sp³-hybridized carbons (Fsp3) is 0.417. The largest absolute Gasteiger partial charge is 0.397 e. The third-order valence-electron chi connectivity index (χ3n) is 3.24. The van der Waals surface area contributed by atoms with E-state index < -0.39 is 9.84 Å². The molecule has 0 spiro atoms. The summed E-state index contributed by atoms with van der Waals surface area (Å²) in [7, 11) is -3.27. The third-order valence-corrected chi connectivity index (χ3v) is 4.35. The molecule has 1 atom stereocenters. The van der Waals surface area contributed by atoms with E-state index in [4.69, 9.17) is 5.73 Å². The van der Waals surface area contributed by atoms with Crippen LogP contribution in [-0.2, 0) is 14.6 Å². The normalized spacial score (nSPS) is 20.2. The number of nitrogens with two attached hydrogens (primary N) is 1. The zero-order valence-corrected chi connectivity index (χ0v) is 11.7. The van der Waals surface area contributed by atoms with Crippen molar-refractivity contribution in [3.8, 4) is 0 Å². The Morgan fingerprint density at radius 3 is 2.68 bits per heavy atom. The summed E-state index contributed by atoms with van der Waals surface area (Å²) in [4.78, 5) is 13.7. The molecule has 2 rings (SSSR count). The molecule has 19 heavy (non-hydrogen) atoms. The number of carbonyl (C=O) groups is 1. The second-order valence-electron chi connectivity index (χ2n) is 4.65. The predicted octanol–water partition coefficient (Wildman–Crippen LogP) is -0.00300. The van der Waals surface area contributed by atoms with E-state index in [2.05, 4.69) is 5.32 Å². The number of nitrogens with one attached hydrogen (secondary N) is 1. The van der Waals surface area contributed by atoms with E-state index in [1.807, 2.05) is 4.90 Å². The molecule has 1 aliphatic heterocycles. The molecular formula is C12H17N3O3S. The smallest absolute Gasteiger partial charge is 0.242 e. The van der Waals surface area contributed by atoms with Crippen LogP contribution in [0, 0.1) is 0 Å². The van der Waals surface area contributed by atoms with Gasteiger partial charge in [0.1, 0.15) is 6.04 Å². The van der Waals surface area contributed by atoms with Gasteiger partial charge in [-0.2, -0.15) is 0 Å². The number of anilines is 2. The van der Waals surface area contributed by atoms with Crippen molar-refractivity contribution >= 4 is 27.1 Å². The highest BCUT2D eigenvalue weighted by Gasteiger charge is 2.27. The molecule has 1 saturated heterocycles. The zero-order valence-electron chi connectivity index (χ0n) is 10.9. The van der Waals surface area contributed by atoms with Gasteiger partial charge in [0, 0.05) is 19.3 Å². The van der Waals surface area contributed by atoms with E-state index in [0.717, 1.165) is 6.26 Å². The second kappa shape index (κ2) is 4.73. The van der Waals surface area contributed by atoms with Gasteiger partial charge in [0.05, 0.1) is 16.3 Å². The van der Waals surface area contributed by atoms with Crippen molar-refractivity contribution in [2.24, 2.45) is 0 Å². The molecule has 7 heteroatoms. The Hall–Kier alpha value is -1.76. The van der Waals surface area contributed by atoms with E-state index in [1.54, 1.807) is 13.0 Å². The number of hydrogen-bond donors (Lipinski definition) is 2. The summed E-state index contributed by atoms with van der Waals surface area (Å²) in [5, 5.41) is 2.77. The van der Waals surface area contributed by atoms with Crippen LogP contribution < -0.4 is 16.0 Å². The van der Waals surface area contributed by atoms with Gasteiger partial charge >= 0.3 is 0 Å². The first kappa shape index (κ1) is 13.7. The molecule has 1 fully saturated rings. The quantitative estimate of drug-likeness (QED) is 0.745. The minimum atomic E-state index is -3.27. The Kier molecular flexibility index (Phi) is 3.40. The van der Waals surface area contributed by atoms with E-state index >= 15 is 0 Å². The second-order valence-corrected chi connectivity index (χ2v) is 6.67. The molecule has 3 N–H and O–H groups in total. The summed E-state index contributed by atoms with van der Waals surface area (Å²) in [5.41, 5.74) is 6.97. The van der Waals surface area contributed by atoms with Crippen LogP contribution >= 0.6 is 0 Å². The first-order chi connectivity index (χ1) is 8.80. The summed E-state index contributed by atoms with van der Waals surface area (Å²) in [5.74, 6) is -0.0576. The molecule has 0 saturated carbocycles. The van der Waals surface area contributed by atoms with E-state index in [1.165, 1.54) is 12.1 Å². The Labute approximate surface area is 112 Å². The van der Waals surface area contributed by atoms with Crippen molar-refractivity contribution in [3.05, 3.63) is 18.2 Å². The summed E-state index contributed by atoms with van der Waals surface area (Å²) in [6.45, 7) is 2.99. The van der Waals surface area contributed by atoms with Gasteiger partial charge in [-0.25, -0.2) is 8.42 Å². The van der Waals surface area contributed by atoms with Gasteiger partial charge in [-0.05, 0) is 25.1 Å². The van der Waals surface area contributed by atoms with Crippen molar-refractivity contribution in [1.82, 2.24) is 5.32 Å². The number of amides is 1. The van der Waals surface area contributed by atoms with Crippen LogP contribution in [-0.4, -0.2) is 39.7 Å². The van der Waals surface area contributed by atoms with Crippen LogP contribution in [0.25, 0.3) is 0 Å². The first-order valence-electron chi connectivity index (χ1n) is 5.94. The van der Waals surface area contributed by atoms with Crippen molar-refractivity contribution in [1.29, 1.82) is 0 Å². The maximum Gasteiger partial charge on any atom is 0.242 e. The lowest BCUT2D eigenvalue weighted by Gasteiger charge is -2.35. The number of benzene rings is 1. The van der Waals surface area contributed by atoms with Crippen LogP contribution in [0.3, 0.4) is 0 Å². The molecule has 1 unspecified atom stereocenters. The number of nitrogens with zero attached hydrogens (tertiary/aromatic N) is 1. The number of nitrogen functional groups attached to an aromatic ring is 1. The number of piperazine rings is 1. The molecule has 1 heterocycles. The summed E-state index contributed by atoms with van der Waals surface area (Å²) < 4.78 is 22.9. The van der Waals surface area contributed by atoms with Crippen molar-refractivity contribution < 1.29 is 13.2 Å². The van der Waals surface area contributed by atoms with Crippen molar-refractivity contribution in [2.45, 2.75) is 17.9 Å². The van der Waals surface area contributed by atoms with Crippen LogP contribution in [0.1, 0.15) is 6.92 Å². The molecule has 1 aromatic carbocycles. The minimum Gasteiger partial charge on any atom is -0.397 e. The maximum atomic E-state index is 11.6. The molecule has 1 aliphatic rings. The van der Waals surface area contributed by atoms with Gasteiger partial charge in [0.25, 0.3) is 0 Å². The summed E-state index contributed by atoms with van der Waals surface area (Å²) in [6.07, 6.45) is 1.14. The Morgan fingerprint density at radius 2 is 2.11 bits per heavy atom. The van der Waals surface area contributed by atoms with Crippen LogP contribution in [0.15, 0.2) is 23.1 Å². The van der Waals surface area contributed by atoms with Gasteiger partial charge in [-0.15, -0.1) is 0 Å². The van der Waals surface area contributed by atoms with Crippen molar-refractivity contribution in [3.63, 3.8) is 0 Å². The van der Waals surface area contributed by atoms with Gasteiger partial charge in [-0.1, -0.05) is 0 Å². The maximum absolute atomic E-state index is 11.6. The topological polar surface area (TPSA) is 92.5 Å². The highest BCUT2D eigenvalue weighted by molar-refractivity contribution is 7.90. The standard InChI is InChI=1S/C12H17N3O3S/c1-8-12(16)14-5-6-15(8)11-4-3-9(7-10(11)13)19(2,17)18/h3-4,7-8H,5-6,13H2,1-2H3,(H,14,16). The van der Waals surface area contributed by atoms with E-state index in [-0.39, 0.29) is 16.8 Å². The Bertz CT molecular complexity index is 613. The van der Waals surface area contributed by atoms with Gasteiger partial charge < -0.3 is 16.0 Å². The highest BCUT2D eigenvalue weighted by atomic mass is 32.2. The first-order valence-corrected chi connectivity index (χ1v) is 7.84. The lowest BCUT2D eigenvalue weighted by molar-refractivity contribution is -0.122. The van der Waals surface area contributed by atoms with Crippen LogP contribution in [0.5, 0.6) is 0 Å². The monoisotopic (exact) mass is 283 g/mol. The predicted molar refractivity (Wildman–Crippen MR) is 73.8 cm³/mol. The number of sulfone groups is 1. The molecular weight excluding hydrogens is 266 g/mol. The third kappa shape index (κ3) is 2.65. The Morgan fingerprint density at radius 1 is 1.42 bits per heavy atom.